The van der Waals surface area contributed by atoms with Crippen LogP contribution in [0.5, 0.6) is 0 Å². The summed E-state index contributed by atoms with van der Waals surface area (Å²) in [6.45, 7) is 31.3. The molecule has 28 heteroatoms. The van der Waals surface area contributed by atoms with E-state index in [1.165, 1.54) is 130 Å². The predicted octanol–water partition coefficient (Wildman–Crippen LogP) is 23.1. The lowest BCUT2D eigenvalue weighted by Crippen LogP contribution is -2.30. The number of esters is 2. The number of fused-ring (bicyclic) bond motifs is 16. The number of aromatic amines is 4. The van der Waals surface area contributed by atoms with E-state index in [1.807, 2.05) is 64.1 Å². The Morgan fingerprint density at radius 1 is 0.329 bits per heavy atom. The van der Waals surface area contributed by atoms with Gasteiger partial charge in [-0.1, -0.05) is 182 Å². The van der Waals surface area contributed by atoms with Crippen LogP contribution in [-0.4, -0.2) is 165 Å². The van der Waals surface area contributed by atoms with Crippen LogP contribution in [0.2, 0.25) is 0 Å². The van der Waals surface area contributed by atoms with Crippen molar-refractivity contribution < 1.29 is 57.4 Å². The first-order valence-corrected chi connectivity index (χ1v) is 55.5. The maximum absolute atomic E-state index is 14.8. The van der Waals surface area contributed by atoms with Gasteiger partial charge in [-0.15, -0.1) is 0 Å². The number of ether oxygens (including phenoxy) is 2. The smallest absolute Gasteiger partial charge is 0.310 e. The summed E-state index contributed by atoms with van der Waals surface area (Å²) in [5, 5.41) is 18.3. The number of nitrogens with two attached hydrogens (primary N) is 2. The Bertz CT molecular complexity index is 5770. The molecule has 0 saturated carbocycles. The summed E-state index contributed by atoms with van der Waals surface area (Å²) in [5.41, 5.74) is 28.3. The topological polar surface area (TPSA) is 428 Å². The number of carbonyl (C=O) groups excluding carboxylic acids is 10. The van der Waals surface area contributed by atoms with Crippen LogP contribution in [0.4, 0.5) is 0 Å². The maximum Gasteiger partial charge on any atom is 0.310 e. The normalized spacial score (nSPS) is 16.5. The maximum atomic E-state index is 14.8. The largest absolute Gasteiger partial charge is 0.469 e. The van der Waals surface area contributed by atoms with Gasteiger partial charge in [-0.25, -0.2) is 0 Å². The predicted molar refractivity (Wildman–Crippen MR) is 588 cm³/mol. The Labute approximate surface area is 868 Å². The molecule has 4 aliphatic heterocycles. The van der Waals surface area contributed by atoms with Crippen LogP contribution in [0.15, 0.2) is 60.7 Å². The molecule has 0 unspecified atom stereocenters. The van der Waals surface area contributed by atoms with Crippen LogP contribution < -0.4 is 43.4 Å². The highest BCUT2D eigenvalue weighted by Crippen LogP contribution is 2.47. The number of aromatic nitrogens is 8. The molecule has 28 nitrogen and oxygen atoms in total. The number of hydrogen-bond acceptors (Lipinski definition) is 18. The van der Waals surface area contributed by atoms with Gasteiger partial charge in [0.15, 0.2) is 11.6 Å². The quantitative estimate of drug-likeness (QED) is 0.00730. The third-order valence-electron chi connectivity index (χ3n) is 30.1. The Balaban J connectivity index is 0.000000371. The van der Waals surface area contributed by atoms with Gasteiger partial charge in [0.25, 0.3) is 11.8 Å². The molecule has 0 aromatic carbocycles. The highest BCUT2D eigenvalue weighted by atomic mass is 16.5. The molecule has 800 valence electrons. The molecule has 8 atom stereocenters. The van der Waals surface area contributed by atoms with E-state index in [4.69, 9.17) is 40.9 Å². The fourth-order valence-electron chi connectivity index (χ4n) is 21.2. The van der Waals surface area contributed by atoms with Crippen molar-refractivity contribution in [1.82, 2.24) is 71.8 Å². The lowest BCUT2D eigenvalue weighted by molar-refractivity contribution is -0.140. The second-order valence-electron chi connectivity index (χ2n) is 41.0. The van der Waals surface area contributed by atoms with E-state index >= 15 is 0 Å². The number of ketones is 2. The minimum Gasteiger partial charge on any atom is -0.469 e. The minimum absolute atomic E-state index is 0.0146. The number of amides is 6. The number of allylic oxidation sites excluding steroid dienone is 4. The molecule has 0 radical (unpaired) electrons. The molecule has 4 aliphatic rings. The Hall–Kier alpha value is -11.3. The average Bonchev–Trinajstić information content (AvgIpc) is 1.60. The third kappa shape index (κ3) is 34.4. The molecular weight excluding hydrogens is 1830 g/mol. The van der Waals surface area contributed by atoms with Crippen LogP contribution in [0.3, 0.4) is 0 Å². The lowest BCUT2D eigenvalue weighted by atomic mass is 9.85. The van der Waals surface area contributed by atoms with Crippen molar-refractivity contribution in [3.05, 3.63) is 162 Å². The summed E-state index contributed by atoms with van der Waals surface area (Å²) < 4.78 is 10.6. The van der Waals surface area contributed by atoms with Gasteiger partial charge in [0.05, 0.1) is 71.6 Å². The number of aryl methyl sites for hydroxylation is 4. The van der Waals surface area contributed by atoms with Gasteiger partial charge >= 0.3 is 11.9 Å². The number of H-pyrrole nitrogens is 4. The van der Waals surface area contributed by atoms with Crippen LogP contribution >= 0.6 is 0 Å². The molecule has 6 aromatic rings. The molecule has 6 aromatic heterocycles. The Morgan fingerprint density at radius 3 is 0.945 bits per heavy atom. The van der Waals surface area contributed by atoms with E-state index in [0.29, 0.717) is 198 Å². The zero-order chi connectivity index (χ0) is 106. The number of hydrogen-bond donors (Lipinski definition) is 12. The first kappa shape index (κ1) is 118. The molecular formula is C118H176N16O12. The van der Waals surface area contributed by atoms with Crippen molar-refractivity contribution in [3.8, 4) is 0 Å². The summed E-state index contributed by atoms with van der Waals surface area (Å²) in [7, 11) is 2.67. The Morgan fingerprint density at radius 2 is 0.610 bits per heavy atom. The molecule has 146 heavy (non-hydrogen) atoms. The first-order chi connectivity index (χ1) is 70.5. The number of nitrogens with one attached hydrogen (secondary N) is 10. The lowest BCUT2D eigenvalue weighted by Gasteiger charge is -2.18. The second-order valence-corrected chi connectivity index (χ2v) is 41.0. The summed E-state index contributed by atoms with van der Waals surface area (Å²) >= 11 is 0. The van der Waals surface area contributed by atoms with Crippen LogP contribution in [-0.2, 0) is 51.1 Å². The zero-order valence-electron chi connectivity index (χ0n) is 91.2. The molecule has 10 heterocycles. The number of methoxy groups -OCH3 is 2. The van der Waals surface area contributed by atoms with Gasteiger partial charge in [-0.05, 0) is 229 Å². The summed E-state index contributed by atoms with van der Waals surface area (Å²) in [4.78, 5) is 170. The molecule has 14 N–H and O–H groups in total. The summed E-state index contributed by atoms with van der Waals surface area (Å²) in [6.07, 6.45) is 46.5. The molecule has 0 aliphatic carbocycles. The van der Waals surface area contributed by atoms with Gasteiger partial charge in [0.1, 0.15) is 0 Å². The van der Waals surface area contributed by atoms with Crippen LogP contribution in [0, 0.1) is 27.7 Å². The monoisotopic (exact) mass is 2010 g/mol. The van der Waals surface area contributed by atoms with Crippen molar-refractivity contribution in [2.24, 2.45) is 11.5 Å². The minimum atomic E-state index is -0.522. The van der Waals surface area contributed by atoms with Crippen molar-refractivity contribution in [1.29, 1.82) is 0 Å². The molecule has 0 spiro atoms. The number of Topliss-reactive ketones (excluding diaryl/α,β-unsaturated/α-hetero) is 2. The van der Waals surface area contributed by atoms with Crippen LogP contribution in [0.25, 0.3) is 44.1 Å². The van der Waals surface area contributed by atoms with Crippen LogP contribution in [0.1, 0.15) is 481 Å². The van der Waals surface area contributed by atoms with Crippen molar-refractivity contribution >= 4 is 103 Å². The number of nitrogens with zero attached hydrogens (tertiary/aromatic N) is 4. The molecule has 10 rings (SSSR count). The fraction of sp³-hybridized carbons (Fsp3) is 0.610. The highest BCUT2D eigenvalue weighted by Gasteiger charge is 2.38. The van der Waals surface area contributed by atoms with E-state index in [1.54, 1.807) is 13.8 Å². The van der Waals surface area contributed by atoms with E-state index in [2.05, 4.69) is 132 Å². The summed E-state index contributed by atoms with van der Waals surface area (Å²) in [5.74, 6) is -2.93. The summed E-state index contributed by atoms with van der Waals surface area (Å²) in [6, 6.07) is 11.9. The SMILES string of the molecule is CCCCCCCC/C=C\CCCCCCCC(=O)NCCCNC(=O)CC[C@@H]1c2nc(cc3[nH]c(cc4nc(cc5[nH]c(c2CC(=O)OC)c(C(=O)NCCCNC(=O)CCCCCCC/C=C\CCCCCCCC)c5C)[C@H](CC)[C@H]4C)c(C(C)=O)c3C)[C@H]1C.CC[C@H]1c2cc3[nH]c(c(CC(=O)OC)c4nc(cc5[nH]c(cc(n2)[C@@H]1C)c(C(C)=O)c5C)[C@@H](C)[C@@H]4CCC(=O)NCCCN)c(C(=O)NCCCN)c3C. The van der Waals surface area contributed by atoms with Gasteiger partial charge < -0.3 is 72.8 Å². The van der Waals surface area contributed by atoms with Gasteiger partial charge in [0, 0.05) is 191 Å². The number of carbonyl (C=O) groups is 10. The van der Waals surface area contributed by atoms with E-state index in [-0.39, 0.29) is 120 Å². The molecule has 16 bridgehead atoms. The first-order valence-electron chi connectivity index (χ1n) is 55.5. The van der Waals surface area contributed by atoms with E-state index < -0.39 is 11.9 Å². The average molecular weight is 2010 g/mol. The third-order valence-corrected chi connectivity index (χ3v) is 30.1. The molecule has 6 amide bonds. The van der Waals surface area contributed by atoms with E-state index in [9.17, 15) is 47.9 Å². The molecule has 0 fully saturated rings. The van der Waals surface area contributed by atoms with E-state index in [0.717, 1.165) is 115 Å². The zero-order valence-corrected chi connectivity index (χ0v) is 91.2. The van der Waals surface area contributed by atoms with Gasteiger partial charge in [0.2, 0.25) is 23.6 Å². The Kier molecular flexibility index (Phi) is 50.3. The van der Waals surface area contributed by atoms with Gasteiger partial charge in [-0.2, -0.15) is 0 Å². The highest BCUT2D eigenvalue weighted by molar-refractivity contribution is 6.08. The molecule has 0 saturated heterocycles. The fourth-order valence-corrected chi connectivity index (χ4v) is 21.2. The standard InChI is InChI=1S/C77H120N8O7.C41H56N8O5/c1-10-13-15-17-19-21-23-25-27-29-31-33-35-37-39-43-69(87)78-47-41-48-80-71(89)46-45-61-56(5)64-52-65-57(6)73(59(8)86)68(83-65)54-63-55(4)60(12-3)67(82-63)53-66-58(7)74(76(85-66)62(75(61)84-64)51-72(90)92-9)77(91)81-50-42-49-79-70(88)44-40-38-36-34-32-30-28-26-24-22-20-18-16-14-11-2;1-8-26-21(2)29-20-34-37(25(6)50)23(4)31(47-34)18-30-22(3)27(11-12-35(51)44-15-9-13-42)39(48-30)28(17-36(52)54-7)40-38(41(53)45-16-10-14-43)24(5)32(49-40)19-33(26)46-29/h25-28,52-56,60-61,83,85H,10-24,29-51H2,1-9H3,(H,78,87)(H,79,88)(H,80,89)(H,81,91);18-22,26-27,47,49H,8-17,42-43H2,1-7H3,(H,44,51)(H,45,53)/b27-25-,28-26-,63-54?,64-52?,65-52?,66-53?,67-53?,68-54?,75-62?,76-62?;/t55-,56+,60-,61+;21-,22+,26-,27+/m11/s1. The van der Waals surface area contributed by atoms with Crippen molar-refractivity contribution in [2.75, 3.05) is 66.6 Å². The number of unbranched alkanes of at least 4 members (excludes halogenated alkanes) is 22. The van der Waals surface area contributed by atoms with Crippen molar-refractivity contribution in [3.63, 3.8) is 0 Å². The van der Waals surface area contributed by atoms with Gasteiger partial charge in [-0.3, -0.25) is 67.9 Å². The second kappa shape index (κ2) is 62.1. The van der Waals surface area contributed by atoms with Crippen molar-refractivity contribution in [2.45, 2.75) is 401 Å². The number of rotatable bonds is 60.